The molecule has 1 aromatic rings. The zero-order chi connectivity index (χ0) is 13.6. The average Bonchev–Trinajstić information content (AvgIpc) is 2.44. The number of rotatable bonds is 4. The van der Waals surface area contributed by atoms with Crippen molar-refractivity contribution in [3.05, 3.63) is 30.1 Å². The van der Waals surface area contributed by atoms with Gasteiger partial charge in [0.1, 0.15) is 0 Å². The maximum atomic E-state index is 5.98. The Morgan fingerprint density at radius 3 is 2.15 bits per heavy atom. The van der Waals surface area contributed by atoms with Gasteiger partial charge in [-0.1, -0.05) is 0 Å². The zero-order valence-electron chi connectivity index (χ0n) is 12.1. The molecule has 4 fully saturated rings. The maximum Gasteiger partial charge on any atom is 0.0307 e. The fourth-order valence-corrected chi connectivity index (χ4v) is 5.81. The van der Waals surface area contributed by atoms with Crippen LogP contribution in [0.5, 0.6) is 0 Å². The summed E-state index contributed by atoms with van der Waals surface area (Å²) in [7, 11) is 0. The normalized spacial score (nSPS) is 40.0. The van der Waals surface area contributed by atoms with Crippen LogP contribution in [0, 0.1) is 23.2 Å². The van der Waals surface area contributed by atoms with E-state index in [9.17, 15) is 0 Å². The molecule has 0 radical (unpaired) electrons. The monoisotopic (exact) mass is 271 g/mol. The Bertz CT molecular complexity index is 435. The minimum Gasteiger partial charge on any atom is -0.271 e. The van der Waals surface area contributed by atoms with Crippen LogP contribution in [-0.4, -0.2) is 11.0 Å². The third-order valence-electron chi connectivity index (χ3n) is 6.22. The van der Waals surface area contributed by atoms with E-state index in [-0.39, 0.29) is 0 Å². The number of aromatic nitrogens is 1. The minimum absolute atomic E-state index is 0.429. The van der Waals surface area contributed by atoms with Gasteiger partial charge in [-0.05, 0) is 85.8 Å². The summed E-state index contributed by atoms with van der Waals surface area (Å²) in [5.41, 5.74) is 5.01. The molecule has 4 aliphatic rings. The van der Waals surface area contributed by atoms with Gasteiger partial charge in [0.15, 0.2) is 0 Å². The predicted molar refractivity (Wildman–Crippen MR) is 79.7 cm³/mol. The molecule has 3 heteroatoms. The molecule has 108 valence electrons. The summed E-state index contributed by atoms with van der Waals surface area (Å²) in [6, 6.07) is 4.69. The van der Waals surface area contributed by atoms with Crippen molar-refractivity contribution in [2.45, 2.75) is 51.0 Å². The van der Waals surface area contributed by atoms with E-state index in [1.54, 1.807) is 0 Å². The van der Waals surface area contributed by atoms with Crippen molar-refractivity contribution < 1.29 is 0 Å². The van der Waals surface area contributed by atoms with Crippen LogP contribution >= 0.6 is 0 Å². The first-order valence-corrected chi connectivity index (χ1v) is 8.12. The molecule has 4 bridgehead atoms. The van der Waals surface area contributed by atoms with Crippen LogP contribution in [0.3, 0.4) is 0 Å². The predicted octanol–water partition coefficient (Wildman–Crippen LogP) is 2.67. The molecule has 1 atom stereocenters. The number of pyridine rings is 1. The van der Waals surface area contributed by atoms with Crippen LogP contribution in [0.25, 0.3) is 0 Å². The molecule has 0 aliphatic heterocycles. The van der Waals surface area contributed by atoms with Gasteiger partial charge in [-0.15, -0.1) is 0 Å². The Balaban J connectivity index is 1.58. The maximum absolute atomic E-state index is 5.98. The molecule has 4 saturated carbocycles. The number of nitrogens with zero attached hydrogens (tertiary/aromatic N) is 1. The zero-order valence-corrected chi connectivity index (χ0v) is 12.1. The van der Waals surface area contributed by atoms with Gasteiger partial charge in [-0.25, -0.2) is 0 Å². The topological polar surface area (TPSA) is 50.9 Å². The van der Waals surface area contributed by atoms with Crippen LogP contribution in [0.2, 0.25) is 0 Å². The van der Waals surface area contributed by atoms with Crippen LogP contribution < -0.4 is 11.3 Å². The highest BCUT2D eigenvalue weighted by Gasteiger charge is 2.53. The van der Waals surface area contributed by atoms with Gasteiger partial charge in [-0.3, -0.25) is 16.3 Å². The van der Waals surface area contributed by atoms with E-state index in [4.69, 9.17) is 5.84 Å². The molecule has 0 amide bonds. The first-order valence-electron chi connectivity index (χ1n) is 8.12. The second-order valence-electron chi connectivity index (χ2n) is 7.56. The van der Waals surface area contributed by atoms with Gasteiger partial charge < -0.3 is 0 Å². The van der Waals surface area contributed by atoms with E-state index in [2.05, 4.69) is 22.5 Å². The van der Waals surface area contributed by atoms with E-state index < -0.39 is 0 Å². The van der Waals surface area contributed by atoms with Crippen molar-refractivity contribution in [1.82, 2.24) is 10.4 Å². The highest BCUT2D eigenvalue weighted by molar-refractivity contribution is 5.15. The summed E-state index contributed by atoms with van der Waals surface area (Å²) < 4.78 is 0. The van der Waals surface area contributed by atoms with Crippen molar-refractivity contribution in [2.24, 2.45) is 29.0 Å². The summed E-state index contributed by atoms with van der Waals surface area (Å²) in [6.45, 7) is 0. The standard InChI is InChI=1S/C17H25N3/c18-20-16(8-12-1-3-19-4-2-12)17-9-13-5-14(10-17)7-15(6-13)11-17/h1-4,13-16,20H,5-11,18H2. The molecule has 1 unspecified atom stereocenters. The molecule has 3 N–H and O–H groups in total. The Hall–Kier alpha value is -0.930. The lowest BCUT2D eigenvalue weighted by Crippen LogP contribution is -2.58. The van der Waals surface area contributed by atoms with Gasteiger partial charge in [0.25, 0.3) is 0 Å². The summed E-state index contributed by atoms with van der Waals surface area (Å²) in [6.07, 6.45) is 13.5. The number of hydrazine groups is 1. The Kier molecular flexibility index (Phi) is 3.08. The minimum atomic E-state index is 0.429. The third kappa shape index (κ3) is 2.08. The van der Waals surface area contributed by atoms with Crippen molar-refractivity contribution >= 4 is 0 Å². The van der Waals surface area contributed by atoms with E-state index in [0.717, 1.165) is 24.2 Å². The van der Waals surface area contributed by atoms with E-state index in [1.165, 1.54) is 44.1 Å². The fourth-order valence-electron chi connectivity index (χ4n) is 5.81. The second-order valence-corrected chi connectivity index (χ2v) is 7.56. The summed E-state index contributed by atoms with van der Waals surface area (Å²) in [5, 5.41) is 0. The number of hydrogen-bond acceptors (Lipinski definition) is 3. The molecule has 4 aliphatic carbocycles. The number of hydrogen-bond donors (Lipinski definition) is 2. The second kappa shape index (κ2) is 4.81. The summed E-state index contributed by atoms with van der Waals surface area (Å²) >= 11 is 0. The highest BCUT2D eigenvalue weighted by Crippen LogP contribution is 2.61. The van der Waals surface area contributed by atoms with E-state index in [1.807, 2.05) is 12.4 Å². The van der Waals surface area contributed by atoms with Crippen LogP contribution in [0.15, 0.2) is 24.5 Å². The molecule has 1 heterocycles. The van der Waals surface area contributed by atoms with Crippen molar-refractivity contribution in [1.29, 1.82) is 0 Å². The van der Waals surface area contributed by atoms with Gasteiger partial charge in [0.05, 0.1) is 0 Å². The molecule has 1 aromatic heterocycles. The number of nitrogens with two attached hydrogens (primary N) is 1. The lowest BCUT2D eigenvalue weighted by Gasteiger charge is -2.59. The summed E-state index contributed by atoms with van der Waals surface area (Å²) in [5.74, 6) is 8.92. The number of nitrogens with one attached hydrogen (secondary N) is 1. The summed E-state index contributed by atoms with van der Waals surface area (Å²) in [4.78, 5) is 4.12. The SMILES string of the molecule is NNC(Cc1ccncc1)C12CC3CC(CC(C3)C1)C2. The largest absolute Gasteiger partial charge is 0.271 e. The average molecular weight is 271 g/mol. The Labute approximate surface area is 121 Å². The highest BCUT2D eigenvalue weighted by atomic mass is 15.2. The molecule has 3 nitrogen and oxygen atoms in total. The Morgan fingerprint density at radius 1 is 1.10 bits per heavy atom. The Morgan fingerprint density at radius 2 is 1.65 bits per heavy atom. The van der Waals surface area contributed by atoms with E-state index >= 15 is 0 Å². The quantitative estimate of drug-likeness (QED) is 0.654. The first kappa shape index (κ1) is 12.8. The smallest absolute Gasteiger partial charge is 0.0307 e. The van der Waals surface area contributed by atoms with Crippen molar-refractivity contribution in [2.75, 3.05) is 0 Å². The fraction of sp³-hybridized carbons (Fsp3) is 0.706. The van der Waals surface area contributed by atoms with Crippen molar-refractivity contribution in [3.8, 4) is 0 Å². The third-order valence-corrected chi connectivity index (χ3v) is 6.22. The van der Waals surface area contributed by atoms with Gasteiger partial charge in [0, 0.05) is 18.4 Å². The van der Waals surface area contributed by atoms with Crippen LogP contribution in [0.1, 0.15) is 44.1 Å². The molecular weight excluding hydrogens is 246 g/mol. The lowest BCUT2D eigenvalue weighted by molar-refractivity contribution is -0.0737. The molecule has 0 spiro atoms. The van der Waals surface area contributed by atoms with Crippen LogP contribution in [-0.2, 0) is 6.42 Å². The molecule has 0 saturated heterocycles. The molecule has 20 heavy (non-hydrogen) atoms. The van der Waals surface area contributed by atoms with Gasteiger partial charge in [0.2, 0.25) is 0 Å². The van der Waals surface area contributed by atoms with Gasteiger partial charge in [-0.2, -0.15) is 0 Å². The molecule has 0 aromatic carbocycles. The molecule has 5 rings (SSSR count). The molecular formula is C17H25N3. The first-order chi connectivity index (χ1) is 9.77. The van der Waals surface area contributed by atoms with E-state index in [0.29, 0.717) is 11.5 Å². The van der Waals surface area contributed by atoms with Crippen LogP contribution in [0.4, 0.5) is 0 Å². The van der Waals surface area contributed by atoms with Gasteiger partial charge >= 0.3 is 0 Å². The van der Waals surface area contributed by atoms with Crippen molar-refractivity contribution in [3.63, 3.8) is 0 Å². The lowest BCUT2D eigenvalue weighted by atomic mass is 9.47.